The normalized spacial score (nSPS) is 11.2. The van der Waals surface area contributed by atoms with Crippen LogP contribution in [-0.2, 0) is 16.4 Å². The minimum atomic E-state index is -3.34. The first-order chi connectivity index (χ1) is 10.3. The van der Waals surface area contributed by atoms with Crippen LogP contribution in [-0.4, -0.2) is 25.6 Å². The van der Waals surface area contributed by atoms with Gasteiger partial charge < -0.3 is 11.1 Å². The standard InChI is InChI=1S/C14H14ClN3O3S/c1-22(20,21)12-5-3-2-4-9(12)7-17-11-6-13(15)18-8-10(11)14(16)19/h2-6,8H,7H2,1H3,(H2,16,19)(H,17,18). The maximum atomic E-state index is 11.8. The van der Waals surface area contributed by atoms with Crippen molar-refractivity contribution in [1.82, 2.24) is 4.98 Å². The Labute approximate surface area is 133 Å². The molecule has 0 spiro atoms. The molecule has 116 valence electrons. The van der Waals surface area contributed by atoms with Crippen LogP contribution in [0.15, 0.2) is 41.4 Å². The molecule has 0 atom stereocenters. The number of nitrogens with zero attached hydrogens (tertiary/aromatic N) is 1. The molecule has 1 amide bonds. The highest BCUT2D eigenvalue weighted by molar-refractivity contribution is 7.90. The minimum Gasteiger partial charge on any atom is -0.380 e. The number of halogens is 1. The molecule has 0 aliphatic carbocycles. The van der Waals surface area contributed by atoms with Gasteiger partial charge in [0, 0.05) is 19.0 Å². The lowest BCUT2D eigenvalue weighted by atomic mass is 10.2. The van der Waals surface area contributed by atoms with Gasteiger partial charge in [-0.3, -0.25) is 4.79 Å². The zero-order valence-corrected chi connectivity index (χ0v) is 13.3. The fraction of sp³-hybridized carbons (Fsp3) is 0.143. The second-order valence-electron chi connectivity index (χ2n) is 4.65. The number of anilines is 1. The van der Waals surface area contributed by atoms with Gasteiger partial charge in [-0.1, -0.05) is 29.8 Å². The highest BCUT2D eigenvalue weighted by Gasteiger charge is 2.14. The van der Waals surface area contributed by atoms with Crippen molar-refractivity contribution in [3.63, 3.8) is 0 Å². The van der Waals surface area contributed by atoms with E-state index in [4.69, 9.17) is 17.3 Å². The van der Waals surface area contributed by atoms with E-state index in [0.717, 1.165) is 6.26 Å². The molecule has 0 aliphatic heterocycles. The molecule has 22 heavy (non-hydrogen) atoms. The molecule has 0 fully saturated rings. The van der Waals surface area contributed by atoms with Crippen molar-refractivity contribution in [1.29, 1.82) is 0 Å². The Kier molecular flexibility index (Phi) is 4.68. The Hall–Kier alpha value is -2.12. The van der Waals surface area contributed by atoms with Gasteiger partial charge in [0.25, 0.3) is 5.91 Å². The third-order valence-electron chi connectivity index (χ3n) is 2.98. The first-order valence-electron chi connectivity index (χ1n) is 6.26. The number of amides is 1. The van der Waals surface area contributed by atoms with Crippen LogP contribution in [0, 0.1) is 0 Å². The number of nitrogens with one attached hydrogen (secondary N) is 1. The molecule has 0 saturated carbocycles. The van der Waals surface area contributed by atoms with E-state index in [1.54, 1.807) is 18.2 Å². The Bertz CT molecular complexity index is 822. The largest absolute Gasteiger partial charge is 0.380 e. The Morgan fingerprint density at radius 3 is 2.68 bits per heavy atom. The van der Waals surface area contributed by atoms with E-state index in [1.807, 2.05) is 0 Å². The van der Waals surface area contributed by atoms with Gasteiger partial charge in [0.2, 0.25) is 0 Å². The van der Waals surface area contributed by atoms with Crippen molar-refractivity contribution in [2.24, 2.45) is 5.73 Å². The first kappa shape index (κ1) is 16.3. The lowest BCUT2D eigenvalue weighted by Gasteiger charge is -2.12. The molecule has 2 rings (SSSR count). The fourth-order valence-corrected chi connectivity index (χ4v) is 3.07. The number of hydrogen-bond acceptors (Lipinski definition) is 5. The van der Waals surface area contributed by atoms with Crippen LogP contribution in [0.5, 0.6) is 0 Å². The number of rotatable bonds is 5. The first-order valence-corrected chi connectivity index (χ1v) is 8.53. The zero-order valence-electron chi connectivity index (χ0n) is 11.7. The van der Waals surface area contributed by atoms with Crippen molar-refractivity contribution in [3.05, 3.63) is 52.8 Å². The summed E-state index contributed by atoms with van der Waals surface area (Å²) in [6, 6.07) is 8.07. The van der Waals surface area contributed by atoms with Gasteiger partial charge in [-0.15, -0.1) is 0 Å². The van der Waals surface area contributed by atoms with E-state index >= 15 is 0 Å². The number of pyridine rings is 1. The van der Waals surface area contributed by atoms with Crippen LogP contribution in [0.1, 0.15) is 15.9 Å². The summed E-state index contributed by atoms with van der Waals surface area (Å²) in [5, 5.41) is 3.17. The average molecular weight is 340 g/mol. The summed E-state index contributed by atoms with van der Waals surface area (Å²) in [6.45, 7) is 0.198. The quantitative estimate of drug-likeness (QED) is 0.809. The Morgan fingerprint density at radius 2 is 2.05 bits per heavy atom. The molecular formula is C14H14ClN3O3S. The van der Waals surface area contributed by atoms with Crippen molar-refractivity contribution < 1.29 is 13.2 Å². The van der Waals surface area contributed by atoms with Gasteiger partial charge in [-0.25, -0.2) is 13.4 Å². The van der Waals surface area contributed by atoms with E-state index in [-0.39, 0.29) is 22.2 Å². The highest BCUT2D eigenvalue weighted by Crippen LogP contribution is 2.21. The second-order valence-corrected chi connectivity index (χ2v) is 7.02. The summed E-state index contributed by atoms with van der Waals surface area (Å²) in [5.41, 5.74) is 6.43. The van der Waals surface area contributed by atoms with Gasteiger partial charge in [0.1, 0.15) is 5.15 Å². The monoisotopic (exact) mass is 339 g/mol. The Morgan fingerprint density at radius 1 is 1.36 bits per heavy atom. The van der Waals surface area contributed by atoms with E-state index in [9.17, 15) is 13.2 Å². The van der Waals surface area contributed by atoms with Crippen LogP contribution in [0.2, 0.25) is 5.15 Å². The van der Waals surface area contributed by atoms with Crippen LogP contribution in [0.3, 0.4) is 0 Å². The molecular weight excluding hydrogens is 326 g/mol. The van der Waals surface area contributed by atoms with E-state index in [1.165, 1.54) is 18.3 Å². The molecule has 3 N–H and O–H groups in total. The molecule has 0 radical (unpaired) electrons. The molecule has 8 heteroatoms. The molecule has 1 aromatic carbocycles. The van der Waals surface area contributed by atoms with E-state index < -0.39 is 15.7 Å². The molecule has 0 bridgehead atoms. The maximum absolute atomic E-state index is 11.8. The summed E-state index contributed by atoms with van der Waals surface area (Å²) in [6.07, 6.45) is 2.42. The Balaban J connectivity index is 2.32. The summed E-state index contributed by atoms with van der Waals surface area (Å²) in [5.74, 6) is -0.650. The van der Waals surface area contributed by atoms with Crippen LogP contribution in [0.25, 0.3) is 0 Å². The predicted molar refractivity (Wildman–Crippen MR) is 84.6 cm³/mol. The highest BCUT2D eigenvalue weighted by atomic mass is 35.5. The summed E-state index contributed by atoms with van der Waals surface area (Å²) in [7, 11) is -3.34. The molecule has 0 unspecified atom stereocenters. The second kappa shape index (κ2) is 6.33. The van der Waals surface area contributed by atoms with E-state index in [2.05, 4.69) is 10.3 Å². The summed E-state index contributed by atoms with van der Waals surface area (Å²) in [4.78, 5) is 15.4. The number of nitrogens with two attached hydrogens (primary N) is 1. The van der Waals surface area contributed by atoms with E-state index in [0.29, 0.717) is 11.3 Å². The zero-order chi connectivity index (χ0) is 16.3. The molecule has 1 aromatic heterocycles. The molecule has 6 nitrogen and oxygen atoms in total. The number of carbonyl (C=O) groups excluding carboxylic acids is 1. The number of carbonyl (C=O) groups is 1. The summed E-state index contributed by atoms with van der Waals surface area (Å²) >= 11 is 5.81. The lowest BCUT2D eigenvalue weighted by Crippen LogP contribution is -2.15. The lowest BCUT2D eigenvalue weighted by molar-refractivity contribution is 0.100. The van der Waals surface area contributed by atoms with Crippen molar-refractivity contribution in [2.75, 3.05) is 11.6 Å². The molecule has 2 aromatic rings. The SMILES string of the molecule is CS(=O)(=O)c1ccccc1CNc1cc(Cl)ncc1C(N)=O. The van der Waals surface area contributed by atoms with Gasteiger partial charge in [-0.2, -0.15) is 0 Å². The number of sulfone groups is 1. The average Bonchev–Trinajstić information content (AvgIpc) is 2.44. The summed E-state index contributed by atoms with van der Waals surface area (Å²) < 4.78 is 23.5. The predicted octanol–water partition coefficient (Wildman–Crippen LogP) is 1.85. The molecule has 1 heterocycles. The van der Waals surface area contributed by atoms with Gasteiger partial charge in [0.05, 0.1) is 16.1 Å². The fourth-order valence-electron chi connectivity index (χ4n) is 1.97. The van der Waals surface area contributed by atoms with Gasteiger partial charge in [-0.05, 0) is 17.7 Å². The van der Waals surface area contributed by atoms with Crippen LogP contribution in [0.4, 0.5) is 5.69 Å². The van der Waals surface area contributed by atoms with Gasteiger partial charge >= 0.3 is 0 Å². The number of aromatic nitrogens is 1. The minimum absolute atomic E-state index is 0.182. The van der Waals surface area contributed by atoms with Crippen molar-refractivity contribution in [2.45, 2.75) is 11.4 Å². The van der Waals surface area contributed by atoms with Gasteiger partial charge in [0.15, 0.2) is 9.84 Å². The number of primary amides is 1. The van der Waals surface area contributed by atoms with Crippen LogP contribution >= 0.6 is 11.6 Å². The third-order valence-corrected chi connectivity index (χ3v) is 4.38. The van der Waals surface area contributed by atoms with Crippen molar-refractivity contribution >= 4 is 33.0 Å². The number of hydrogen-bond donors (Lipinski definition) is 2. The third kappa shape index (κ3) is 3.75. The number of benzene rings is 1. The van der Waals surface area contributed by atoms with Crippen molar-refractivity contribution in [3.8, 4) is 0 Å². The van der Waals surface area contributed by atoms with Crippen LogP contribution < -0.4 is 11.1 Å². The molecule has 0 saturated heterocycles. The molecule has 0 aliphatic rings. The smallest absolute Gasteiger partial charge is 0.252 e. The maximum Gasteiger partial charge on any atom is 0.252 e. The topological polar surface area (TPSA) is 102 Å².